The Balaban J connectivity index is 1.95. The van der Waals surface area contributed by atoms with E-state index in [-0.39, 0.29) is 18.4 Å². The molecule has 1 aliphatic carbocycles. The molecule has 84 valence electrons. The van der Waals surface area contributed by atoms with Crippen LogP contribution < -0.4 is 5.32 Å². The first kappa shape index (κ1) is 10.8. The highest BCUT2D eigenvalue weighted by molar-refractivity contribution is 8.00. The molecule has 1 aliphatic heterocycles. The second-order valence-corrected chi connectivity index (χ2v) is 5.50. The lowest BCUT2D eigenvalue weighted by Gasteiger charge is -2.24. The number of nitrogens with one attached hydrogen (secondary N) is 1. The molecule has 2 fully saturated rings. The summed E-state index contributed by atoms with van der Waals surface area (Å²) in [6.45, 7) is 1.55. The quantitative estimate of drug-likeness (QED) is 0.752. The lowest BCUT2D eigenvalue weighted by atomic mass is 10.3. The molecule has 0 radical (unpaired) electrons. The van der Waals surface area contributed by atoms with Crippen LogP contribution in [-0.2, 0) is 9.59 Å². The fourth-order valence-corrected chi connectivity index (χ4v) is 2.61. The largest absolute Gasteiger partial charge is 0.347 e. The molecule has 0 aromatic carbocycles. The van der Waals surface area contributed by atoms with Gasteiger partial charge in [-0.15, -0.1) is 0 Å². The Hall–Kier alpha value is -0.710. The molecule has 1 N–H and O–H groups in total. The molecular weight excluding hydrogens is 212 g/mol. The molecule has 1 heterocycles. The highest BCUT2D eigenvalue weighted by atomic mass is 32.2. The third kappa shape index (κ3) is 2.45. The number of carbonyl (C=O) groups excluding carboxylic acids is 2. The van der Waals surface area contributed by atoms with Crippen LogP contribution in [-0.4, -0.2) is 47.4 Å². The van der Waals surface area contributed by atoms with Crippen molar-refractivity contribution in [3.63, 3.8) is 0 Å². The molecular formula is C10H16N2O2S. The van der Waals surface area contributed by atoms with Crippen molar-refractivity contribution in [3.8, 4) is 0 Å². The summed E-state index contributed by atoms with van der Waals surface area (Å²) in [5, 5.41) is 2.61. The second-order valence-electron chi connectivity index (χ2n) is 4.23. The summed E-state index contributed by atoms with van der Waals surface area (Å²) in [6, 6.07) is 0. The van der Waals surface area contributed by atoms with Crippen molar-refractivity contribution < 1.29 is 9.59 Å². The van der Waals surface area contributed by atoms with Crippen LogP contribution in [0.2, 0.25) is 0 Å². The van der Waals surface area contributed by atoms with Gasteiger partial charge in [0.15, 0.2) is 0 Å². The fourth-order valence-electron chi connectivity index (χ4n) is 1.82. The molecule has 2 aliphatic rings. The van der Waals surface area contributed by atoms with Gasteiger partial charge in [-0.05, 0) is 19.1 Å². The van der Waals surface area contributed by atoms with Crippen LogP contribution in [0, 0.1) is 0 Å². The third-order valence-corrected chi connectivity index (χ3v) is 4.52. The van der Waals surface area contributed by atoms with Gasteiger partial charge >= 0.3 is 0 Å². The van der Waals surface area contributed by atoms with Gasteiger partial charge in [0.05, 0.1) is 6.54 Å². The predicted octanol–water partition coefficient (Wildman–Crippen LogP) is 0.230. The van der Waals surface area contributed by atoms with Crippen molar-refractivity contribution in [1.29, 1.82) is 0 Å². The number of hydrogen-bond acceptors (Lipinski definition) is 3. The van der Waals surface area contributed by atoms with Crippen molar-refractivity contribution in [2.45, 2.75) is 24.0 Å². The van der Waals surface area contributed by atoms with Gasteiger partial charge in [0.25, 0.3) is 0 Å². The third-order valence-electron chi connectivity index (χ3n) is 3.12. The molecule has 0 bridgehead atoms. The smallest absolute Gasteiger partial charge is 0.242 e. The van der Waals surface area contributed by atoms with Gasteiger partial charge < -0.3 is 10.2 Å². The number of hydrogen-bond donors (Lipinski definition) is 1. The van der Waals surface area contributed by atoms with Gasteiger partial charge in [0.2, 0.25) is 11.8 Å². The minimum atomic E-state index is -0.0140. The molecule has 2 amide bonds. The Kier molecular flexibility index (Phi) is 2.91. The minimum Gasteiger partial charge on any atom is -0.347 e. The predicted molar refractivity (Wildman–Crippen MR) is 59.7 cm³/mol. The standard InChI is InChI=1S/C10H16N2O2S/c1-15-10(3-4-10)7-12-5-2-8(13)11-6-9(12)14/h2-7H2,1H3,(H,11,13). The van der Waals surface area contributed by atoms with Crippen LogP contribution in [0.4, 0.5) is 0 Å². The van der Waals surface area contributed by atoms with Crippen LogP contribution in [0.3, 0.4) is 0 Å². The van der Waals surface area contributed by atoms with Gasteiger partial charge in [-0.3, -0.25) is 9.59 Å². The summed E-state index contributed by atoms with van der Waals surface area (Å²) in [6.07, 6.45) is 4.92. The molecule has 0 atom stereocenters. The molecule has 0 aromatic heterocycles. The molecule has 1 saturated carbocycles. The molecule has 15 heavy (non-hydrogen) atoms. The Morgan fingerprint density at radius 1 is 1.47 bits per heavy atom. The van der Waals surface area contributed by atoms with Crippen molar-refractivity contribution in [2.75, 3.05) is 25.9 Å². The van der Waals surface area contributed by atoms with E-state index in [1.165, 1.54) is 12.8 Å². The van der Waals surface area contributed by atoms with Crippen LogP contribution in [0.5, 0.6) is 0 Å². The summed E-state index contributed by atoms with van der Waals surface area (Å²) in [5.41, 5.74) is 0. The number of nitrogens with zero attached hydrogens (tertiary/aromatic N) is 1. The Morgan fingerprint density at radius 2 is 2.20 bits per heavy atom. The van der Waals surface area contributed by atoms with Gasteiger partial charge in [0.1, 0.15) is 0 Å². The van der Waals surface area contributed by atoms with E-state index in [1.807, 2.05) is 16.7 Å². The van der Waals surface area contributed by atoms with E-state index in [9.17, 15) is 9.59 Å². The fraction of sp³-hybridized carbons (Fsp3) is 0.800. The SMILES string of the molecule is CSC1(CN2CCC(=O)NCC2=O)CC1. The molecule has 5 heteroatoms. The highest BCUT2D eigenvalue weighted by Crippen LogP contribution is 2.47. The lowest BCUT2D eigenvalue weighted by Crippen LogP contribution is -2.39. The minimum absolute atomic E-state index is 0.0140. The average Bonchev–Trinajstić information content (AvgIpc) is 3.01. The zero-order chi connectivity index (χ0) is 10.9. The first-order valence-corrected chi connectivity index (χ1v) is 6.47. The monoisotopic (exact) mass is 228 g/mol. The van der Waals surface area contributed by atoms with Gasteiger partial charge in [-0.1, -0.05) is 0 Å². The van der Waals surface area contributed by atoms with Crippen LogP contribution >= 0.6 is 11.8 Å². The summed E-state index contributed by atoms with van der Waals surface area (Å²) >= 11 is 1.84. The maximum atomic E-state index is 11.7. The number of carbonyl (C=O) groups is 2. The van der Waals surface area contributed by atoms with E-state index < -0.39 is 0 Å². The summed E-state index contributed by atoms with van der Waals surface area (Å²) in [5.74, 6) is 0.0426. The first-order valence-electron chi connectivity index (χ1n) is 5.25. The second kappa shape index (κ2) is 4.04. The van der Waals surface area contributed by atoms with Crippen molar-refractivity contribution in [1.82, 2.24) is 10.2 Å². The summed E-state index contributed by atoms with van der Waals surface area (Å²) in [4.78, 5) is 24.6. The first-order chi connectivity index (χ1) is 7.15. The zero-order valence-electron chi connectivity index (χ0n) is 8.91. The van der Waals surface area contributed by atoms with Crippen molar-refractivity contribution in [3.05, 3.63) is 0 Å². The van der Waals surface area contributed by atoms with Crippen molar-refractivity contribution >= 4 is 23.6 Å². The molecule has 1 saturated heterocycles. The van der Waals surface area contributed by atoms with Crippen molar-refractivity contribution in [2.24, 2.45) is 0 Å². The van der Waals surface area contributed by atoms with E-state index in [2.05, 4.69) is 11.6 Å². The lowest BCUT2D eigenvalue weighted by molar-refractivity contribution is -0.130. The van der Waals surface area contributed by atoms with Gasteiger partial charge in [-0.25, -0.2) is 0 Å². The van der Waals surface area contributed by atoms with E-state index in [4.69, 9.17) is 0 Å². The zero-order valence-corrected chi connectivity index (χ0v) is 9.73. The molecule has 0 spiro atoms. The maximum Gasteiger partial charge on any atom is 0.242 e. The van der Waals surface area contributed by atoms with E-state index in [0.29, 0.717) is 17.7 Å². The van der Waals surface area contributed by atoms with Crippen LogP contribution in [0.1, 0.15) is 19.3 Å². The van der Waals surface area contributed by atoms with Gasteiger partial charge in [0, 0.05) is 24.3 Å². The summed E-state index contributed by atoms with van der Waals surface area (Å²) in [7, 11) is 0. The Bertz CT molecular complexity index is 289. The summed E-state index contributed by atoms with van der Waals surface area (Å²) < 4.78 is 0.295. The number of thioether (sulfide) groups is 1. The average molecular weight is 228 g/mol. The molecule has 2 rings (SSSR count). The molecule has 4 nitrogen and oxygen atoms in total. The van der Waals surface area contributed by atoms with E-state index in [1.54, 1.807) is 0 Å². The maximum absolute atomic E-state index is 11.7. The van der Waals surface area contributed by atoms with E-state index in [0.717, 1.165) is 6.54 Å². The molecule has 0 aromatic rings. The number of amides is 2. The highest BCUT2D eigenvalue weighted by Gasteiger charge is 2.44. The van der Waals surface area contributed by atoms with Crippen LogP contribution in [0.15, 0.2) is 0 Å². The topological polar surface area (TPSA) is 49.4 Å². The number of rotatable bonds is 3. The Labute approximate surface area is 93.8 Å². The molecule has 0 unspecified atom stereocenters. The normalized spacial score (nSPS) is 24.7. The van der Waals surface area contributed by atoms with E-state index >= 15 is 0 Å². The Morgan fingerprint density at radius 3 is 2.80 bits per heavy atom. The van der Waals surface area contributed by atoms with Crippen LogP contribution in [0.25, 0.3) is 0 Å². The van der Waals surface area contributed by atoms with Gasteiger partial charge in [-0.2, -0.15) is 11.8 Å².